The van der Waals surface area contributed by atoms with Gasteiger partial charge in [0.15, 0.2) is 28.6 Å². The fourth-order valence-electron chi connectivity index (χ4n) is 8.72. The molecule has 0 unspecified atom stereocenters. The van der Waals surface area contributed by atoms with E-state index in [0.29, 0.717) is 29.3 Å². The number of hydrogen-bond acceptors (Lipinski definition) is 7. The normalized spacial score (nSPS) is 11.8. The average molecular weight is 809 g/mol. The van der Waals surface area contributed by atoms with Crippen molar-refractivity contribution in [1.82, 2.24) is 29.5 Å². The number of benzene rings is 9. The molecule has 4 aromatic heterocycles. The summed E-state index contributed by atoms with van der Waals surface area (Å²) in [6, 6.07) is 66.4. The molecule has 0 N–H and O–H groups in total. The largest absolute Gasteiger partial charge is 0.436 e. The number of rotatable bonds is 6. The van der Waals surface area contributed by atoms with Crippen LogP contribution in [0.2, 0.25) is 0 Å². The topological polar surface area (TPSA) is 95.7 Å². The van der Waals surface area contributed by atoms with E-state index in [0.717, 1.165) is 72.0 Å². The van der Waals surface area contributed by atoms with Crippen molar-refractivity contribution in [3.63, 3.8) is 0 Å². The highest BCUT2D eigenvalue weighted by molar-refractivity contribution is 6.17. The molecule has 0 saturated carbocycles. The molecule has 0 amide bonds. The fourth-order valence-corrected chi connectivity index (χ4v) is 8.72. The molecular weight excluding hydrogens is 777 g/mol. The standard InChI is InChI=1S/C55H32N6O2/c1-2-12-42(13-3-1)61-47-31-38-11-5-4-10-37(38)29-43(47)44-30-41-28-40(27-26-39(41)32-48(44)61)53-59-51(33-18-22-35(23-19-33)54-56-45-14-6-8-16-49(45)62-54)58-52(60-53)34-20-24-36(25-21-34)55-57-46-15-7-9-17-50(46)63-55/h1-32H. The first-order chi connectivity index (χ1) is 31.1. The van der Waals surface area contributed by atoms with Gasteiger partial charge in [-0.2, -0.15) is 0 Å². The van der Waals surface area contributed by atoms with Crippen molar-refractivity contribution in [1.29, 1.82) is 0 Å². The van der Waals surface area contributed by atoms with Crippen LogP contribution in [0.1, 0.15) is 0 Å². The van der Waals surface area contributed by atoms with Crippen LogP contribution in [-0.2, 0) is 0 Å². The third-order valence-electron chi connectivity index (χ3n) is 11.9. The van der Waals surface area contributed by atoms with Crippen LogP contribution in [0, 0.1) is 0 Å². The minimum atomic E-state index is 0.551. The quantitative estimate of drug-likeness (QED) is 0.165. The highest BCUT2D eigenvalue weighted by Gasteiger charge is 2.18. The number of aromatic nitrogens is 6. The number of hydrogen-bond donors (Lipinski definition) is 0. The van der Waals surface area contributed by atoms with Crippen molar-refractivity contribution in [2.45, 2.75) is 0 Å². The summed E-state index contributed by atoms with van der Waals surface area (Å²) < 4.78 is 14.5. The first kappa shape index (κ1) is 35.0. The molecule has 0 aliphatic heterocycles. The Labute approximate surface area is 359 Å². The predicted molar refractivity (Wildman–Crippen MR) is 251 cm³/mol. The molecule has 0 atom stereocenters. The van der Waals surface area contributed by atoms with Crippen molar-refractivity contribution in [3.05, 3.63) is 194 Å². The maximum absolute atomic E-state index is 6.08. The maximum atomic E-state index is 6.08. The van der Waals surface area contributed by atoms with E-state index in [4.69, 9.17) is 33.8 Å². The predicted octanol–water partition coefficient (Wildman–Crippen LogP) is 13.9. The van der Waals surface area contributed by atoms with Crippen molar-refractivity contribution < 1.29 is 8.83 Å². The van der Waals surface area contributed by atoms with Crippen molar-refractivity contribution >= 4 is 65.6 Å². The molecule has 0 saturated heterocycles. The van der Waals surface area contributed by atoms with Gasteiger partial charge in [0.1, 0.15) is 11.0 Å². The lowest BCUT2D eigenvalue weighted by molar-refractivity contribution is 0.619. The van der Waals surface area contributed by atoms with Crippen LogP contribution in [0.4, 0.5) is 0 Å². The maximum Gasteiger partial charge on any atom is 0.227 e. The van der Waals surface area contributed by atoms with Crippen molar-refractivity contribution in [2.24, 2.45) is 0 Å². The van der Waals surface area contributed by atoms with E-state index in [-0.39, 0.29) is 0 Å². The van der Waals surface area contributed by atoms with Crippen LogP contribution in [0.3, 0.4) is 0 Å². The molecule has 0 bridgehead atoms. The summed E-state index contributed by atoms with van der Waals surface area (Å²) in [5.74, 6) is 2.79. The summed E-state index contributed by atoms with van der Waals surface area (Å²) in [4.78, 5) is 24.7. The van der Waals surface area contributed by atoms with E-state index >= 15 is 0 Å². The van der Waals surface area contributed by atoms with E-state index < -0.39 is 0 Å². The van der Waals surface area contributed by atoms with Gasteiger partial charge in [-0.25, -0.2) is 24.9 Å². The smallest absolute Gasteiger partial charge is 0.227 e. The molecule has 294 valence electrons. The van der Waals surface area contributed by atoms with Gasteiger partial charge in [-0.15, -0.1) is 0 Å². The van der Waals surface area contributed by atoms with Gasteiger partial charge in [0.05, 0.1) is 11.0 Å². The van der Waals surface area contributed by atoms with Gasteiger partial charge in [-0.05, 0) is 113 Å². The molecule has 9 aromatic carbocycles. The molecule has 8 nitrogen and oxygen atoms in total. The Morgan fingerprint density at radius 1 is 0.317 bits per heavy atom. The summed E-state index contributed by atoms with van der Waals surface area (Å²) in [5.41, 5.74) is 10.9. The lowest BCUT2D eigenvalue weighted by Gasteiger charge is -2.10. The van der Waals surface area contributed by atoms with Crippen LogP contribution in [-0.4, -0.2) is 29.5 Å². The first-order valence-corrected chi connectivity index (χ1v) is 20.8. The summed E-state index contributed by atoms with van der Waals surface area (Å²) in [5, 5.41) is 7.01. The summed E-state index contributed by atoms with van der Waals surface area (Å²) >= 11 is 0. The summed E-state index contributed by atoms with van der Waals surface area (Å²) in [7, 11) is 0. The average Bonchev–Trinajstić information content (AvgIpc) is 4.07. The monoisotopic (exact) mass is 808 g/mol. The Kier molecular flexibility index (Phi) is 7.74. The van der Waals surface area contributed by atoms with Gasteiger partial charge in [0, 0.05) is 44.3 Å². The van der Waals surface area contributed by atoms with Gasteiger partial charge in [0.2, 0.25) is 11.8 Å². The van der Waals surface area contributed by atoms with Gasteiger partial charge in [-0.3, -0.25) is 0 Å². The second-order valence-corrected chi connectivity index (χ2v) is 15.8. The number of nitrogens with zero attached hydrogens (tertiary/aromatic N) is 6. The van der Waals surface area contributed by atoms with Crippen molar-refractivity contribution in [3.8, 4) is 62.8 Å². The highest BCUT2D eigenvalue weighted by atomic mass is 16.4. The molecule has 13 aromatic rings. The SMILES string of the molecule is c1ccc(-n2c3cc4ccccc4cc3c3cc4cc(-c5nc(-c6ccc(-c7nc8ccccc8o7)cc6)nc(-c6ccc(-c7nc8ccccc8o7)cc6)n5)ccc4cc32)cc1. The molecule has 4 heterocycles. The second kappa shape index (κ2) is 13.9. The number of fused-ring (bicyclic) bond motifs is 7. The molecule has 63 heavy (non-hydrogen) atoms. The van der Waals surface area contributed by atoms with E-state index in [2.05, 4.69) is 102 Å². The molecule has 0 aliphatic carbocycles. The Bertz CT molecular complexity index is 3700. The van der Waals surface area contributed by atoms with Crippen LogP contribution < -0.4 is 0 Å². The summed E-state index contributed by atoms with van der Waals surface area (Å²) in [6.45, 7) is 0. The van der Waals surface area contributed by atoms with Crippen LogP contribution in [0.25, 0.3) is 128 Å². The van der Waals surface area contributed by atoms with Gasteiger partial charge in [-0.1, -0.05) is 103 Å². The van der Waals surface area contributed by atoms with E-state index in [9.17, 15) is 0 Å². The first-order valence-electron chi connectivity index (χ1n) is 20.8. The molecule has 8 heteroatoms. The van der Waals surface area contributed by atoms with Crippen LogP contribution >= 0.6 is 0 Å². The summed E-state index contributed by atoms with van der Waals surface area (Å²) in [6.07, 6.45) is 0. The van der Waals surface area contributed by atoms with E-state index in [1.807, 2.05) is 97.1 Å². The molecule has 0 radical (unpaired) electrons. The number of oxazole rings is 2. The van der Waals surface area contributed by atoms with Crippen LogP contribution in [0.5, 0.6) is 0 Å². The number of para-hydroxylation sites is 5. The van der Waals surface area contributed by atoms with Gasteiger partial charge >= 0.3 is 0 Å². The van der Waals surface area contributed by atoms with E-state index in [1.54, 1.807) is 0 Å². The zero-order chi connectivity index (χ0) is 41.4. The Balaban J connectivity index is 0.950. The van der Waals surface area contributed by atoms with Gasteiger partial charge < -0.3 is 13.4 Å². The minimum Gasteiger partial charge on any atom is -0.436 e. The zero-order valence-electron chi connectivity index (χ0n) is 33.5. The lowest BCUT2D eigenvalue weighted by Crippen LogP contribution is -2.00. The Hall–Kier alpha value is -8.75. The Morgan fingerprint density at radius 2 is 0.746 bits per heavy atom. The molecule has 0 aliphatic rings. The zero-order valence-corrected chi connectivity index (χ0v) is 33.5. The molecule has 13 rings (SSSR count). The molecule has 0 spiro atoms. The van der Waals surface area contributed by atoms with E-state index in [1.165, 1.54) is 27.1 Å². The second-order valence-electron chi connectivity index (χ2n) is 15.8. The molecular formula is C55H32N6O2. The third-order valence-corrected chi connectivity index (χ3v) is 11.9. The van der Waals surface area contributed by atoms with Crippen molar-refractivity contribution in [2.75, 3.05) is 0 Å². The fraction of sp³-hybridized carbons (Fsp3) is 0. The Morgan fingerprint density at radius 3 is 1.30 bits per heavy atom. The molecule has 0 fully saturated rings. The third kappa shape index (κ3) is 5.96. The van der Waals surface area contributed by atoms with Crippen LogP contribution in [0.15, 0.2) is 203 Å². The highest BCUT2D eigenvalue weighted by Crippen LogP contribution is 2.38. The minimum absolute atomic E-state index is 0.551. The van der Waals surface area contributed by atoms with Gasteiger partial charge in [0.25, 0.3) is 0 Å². The lowest BCUT2D eigenvalue weighted by atomic mass is 10.0.